The first-order valence-electron chi connectivity index (χ1n) is 5.88. The number of nitrogens with two attached hydrogens (primary N) is 1. The molecule has 1 fully saturated rings. The average Bonchev–Trinajstić information content (AvgIpc) is 2.69. The van der Waals surface area contributed by atoms with Gasteiger partial charge in [0.05, 0.1) is 5.37 Å². The fourth-order valence-electron chi connectivity index (χ4n) is 1.88. The minimum Gasteiger partial charge on any atom is -0.480 e. The van der Waals surface area contributed by atoms with E-state index < -0.39 is 12.0 Å². The molecule has 98 valence electrons. The molecule has 17 heavy (non-hydrogen) atoms. The second-order valence-corrected chi connectivity index (χ2v) is 5.58. The van der Waals surface area contributed by atoms with Crippen molar-refractivity contribution in [2.45, 2.75) is 50.6 Å². The molecule has 0 aromatic carbocycles. The molecule has 0 saturated carbocycles. The molecule has 1 aliphatic heterocycles. The third kappa shape index (κ3) is 3.61. The Balaban J connectivity index is 2.67. The summed E-state index contributed by atoms with van der Waals surface area (Å²) in [6.45, 7) is 3.81. The lowest BCUT2D eigenvalue weighted by Crippen LogP contribution is -2.45. The summed E-state index contributed by atoms with van der Waals surface area (Å²) in [7, 11) is 0. The van der Waals surface area contributed by atoms with Gasteiger partial charge in [0.15, 0.2) is 0 Å². The van der Waals surface area contributed by atoms with Crippen LogP contribution in [0.25, 0.3) is 0 Å². The molecular formula is C11H20N2O3S. The molecule has 0 aromatic heterocycles. The molecule has 1 heterocycles. The van der Waals surface area contributed by atoms with E-state index in [0.29, 0.717) is 18.6 Å². The van der Waals surface area contributed by atoms with Crippen molar-refractivity contribution >= 4 is 23.6 Å². The number of carboxylic acid groups (broad SMARTS) is 1. The maximum absolute atomic E-state index is 12.0. The topological polar surface area (TPSA) is 83.6 Å². The highest BCUT2D eigenvalue weighted by Crippen LogP contribution is 2.32. The largest absolute Gasteiger partial charge is 0.480 e. The molecule has 1 saturated heterocycles. The number of carboxylic acids is 1. The van der Waals surface area contributed by atoms with Crippen LogP contribution in [0.15, 0.2) is 0 Å². The highest BCUT2D eigenvalue weighted by molar-refractivity contribution is 8.00. The third-order valence-corrected chi connectivity index (χ3v) is 4.28. The number of hydrogen-bond donors (Lipinski definition) is 2. The van der Waals surface area contributed by atoms with Crippen LogP contribution < -0.4 is 5.73 Å². The molecule has 3 N–H and O–H groups in total. The minimum absolute atomic E-state index is 0.00307. The summed E-state index contributed by atoms with van der Waals surface area (Å²) in [5.41, 5.74) is 5.61. The van der Waals surface area contributed by atoms with Crippen molar-refractivity contribution in [1.29, 1.82) is 0 Å². The standard InChI is InChI=1S/C11H20N2O3S/c1-3-10-13(8(6-17-10)11(15)16)9(14)5-4-7(2)12/h7-8,10H,3-6,12H2,1-2H3,(H,15,16). The molecule has 1 rings (SSSR count). The number of thioether (sulfide) groups is 1. The summed E-state index contributed by atoms with van der Waals surface area (Å²) in [4.78, 5) is 24.6. The van der Waals surface area contributed by atoms with Crippen LogP contribution in [0, 0.1) is 0 Å². The molecule has 0 aromatic rings. The minimum atomic E-state index is -0.914. The SMILES string of the molecule is CCC1SCC(C(=O)O)N1C(=O)CCC(C)N. The first kappa shape index (κ1) is 14.3. The van der Waals surface area contributed by atoms with Gasteiger partial charge in [0.1, 0.15) is 6.04 Å². The van der Waals surface area contributed by atoms with Crippen LogP contribution in [-0.2, 0) is 9.59 Å². The van der Waals surface area contributed by atoms with Gasteiger partial charge in [-0.25, -0.2) is 4.79 Å². The lowest BCUT2D eigenvalue weighted by molar-refractivity contribution is -0.149. The second kappa shape index (κ2) is 6.26. The van der Waals surface area contributed by atoms with Gasteiger partial charge in [0.2, 0.25) is 5.91 Å². The van der Waals surface area contributed by atoms with Crippen LogP contribution in [0.1, 0.15) is 33.1 Å². The Kier molecular flexibility index (Phi) is 5.27. The van der Waals surface area contributed by atoms with Gasteiger partial charge in [-0.05, 0) is 19.8 Å². The van der Waals surface area contributed by atoms with Gasteiger partial charge >= 0.3 is 5.97 Å². The maximum atomic E-state index is 12.0. The predicted octanol–water partition coefficient (Wildman–Crippen LogP) is 0.879. The summed E-state index contributed by atoms with van der Waals surface area (Å²) < 4.78 is 0. The number of amides is 1. The lowest BCUT2D eigenvalue weighted by atomic mass is 10.1. The predicted molar refractivity (Wildman–Crippen MR) is 67.7 cm³/mol. The summed E-state index contributed by atoms with van der Waals surface area (Å²) in [6, 6.07) is -0.705. The molecule has 0 radical (unpaired) electrons. The zero-order valence-electron chi connectivity index (χ0n) is 10.3. The number of rotatable bonds is 5. The maximum Gasteiger partial charge on any atom is 0.327 e. The molecule has 0 spiro atoms. The number of nitrogens with zero attached hydrogens (tertiary/aromatic N) is 1. The molecule has 3 atom stereocenters. The smallest absolute Gasteiger partial charge is 0.327 e. The molecule has 1 amide bonds. The highest BCUT2D eigenvalue weighted by Gasteiger charge is 2.40. The van der Waals surface area contributed by atoms with E-state index in [4.69, 9.17) is 10.8 Å². The zero-order valence-corrected chi connectivity index (χ0v) is 11.1. The van der Waals surface area contributed by atoms with Crippen molar-refractivity contribution in [1.82, 2.24) is 4.90 Å². The fraction of sp³-hybridized carbons (Fsp3) is 0.818. The van der Waals surface area contributed by atoms with Crippen molar-refractivity contribution in [2.75, 3.05) is 5.75 Å². The molecule has 6 heteroatoms. The van der Waals surface area contributed by atoms with E-state index in [-0.39, 0.29) is 17.3 Å². The van der Waals surface area contributed by atoms with Gasteiger partial charge in [0, 0.05) is 18.2 Å². The van der Waals surface area contributed by atoms with Gasteiger partial charge in [0.25, 0.3) is 0 Å². The Bertz CT molecular complexity index is 296. The van der Waals surface area contributed by atoms with E-state index in [1.807, 2.05) is 13.8 Å². The highest BCUT2D eigenvalue weighted by atomic mass is 32.2. The van der Waals surface area contributed by atoms with E-state index in [9.17, 15) is 9.59 Å². The van der Waals surface area contributed by atoms with E-state index in [0.717, 1.165) is 6.42 Å². The average molecular weight is 260 g/mol. The van der Waals surface area contributed by atoms with Gasteiger partial charge in [-0.3, -0.25) is 4.79 Å². The van der Waals surface area contributed by atoms with Crippen LogP contribution in [0.5, 0.6) is 0 Å². The zero-order chi connectivity index (χ0) is 13.0. The molecule has 5 nitrogen and oxygen atoms in total. The van der Waals surface area contributed by atoms with E-state index in [2.05, 4.69) is 0 Å². The molecular weight excluding hydrogens is 240 g/mol. The van der Waals surface area contributed by atoms with Crippen molar-refractivity contribution in [3.63, 3.8) is 0 Å². The van der Waals surface area contributed by atoms with Crippen molar-refractivity contribution in [3.05, 3.63) is 0 Å². The van der Waals surface area contributed by atoms with E-state index >= 15 is 0 Å². The molecule has 1 aliphatic rings. The first-order chi connectivity index (χ1) is 7.97. The van der Waals surface area contributed by atoms with Gasteiger partial charge < -0.3 is 15.7 Å². The van der Waals surface area contributed by atoms with Gasteiger partial charge in [-0.1, -0.05) is 6.92 Å². The van der Waals surface area contributed by atoms with E-state index in [1.54, 1.807) is 11.8 Å². The van der Waals surface area contributed by atoms with Gasteiger partial charge in [-0.15, -0.1) is 11.8 Å². The van der Waals surface area contributed by atoms with Crippen molar-refractivity contribution < 1.29 is 14.7 Å². The quantitative estimate of drug-likeness (QED) is 0.766. The molecule has 3 unspecified atom stereocenters. The van der Waals surface area contributed by atoms with Crippen LogP contribution >= 0.6 is 11.8 Å². The Morgan fingerprint density at radius 3 is 2.71 bits per heavy atom. The third-order valence-electron chi connectivity index (χ3n) is 2.83. The number of carbonyl (C=O) groups is 2. The monoisotopic (exact) mass is 260 g/mol. The second-order valence-electron chi connectivity index (χ2n) is 4.37. The van der Waals surface area contributed by atoms with Crippen LogP contribution in [0.2, 0.25) is 0 Å². The Morgan fingerprint density at radius 1 is 1.59 bits per heavy atom. The normalized spacial score (nSPS) is 25.9. The van der Waals surface area contributed by atoms with Crippen molar-refractivity contribution in [2.24, 2.45) is 5.73 Å². The summed E-state index contributed by atoms with van der Waals surface area (Å²) >= 11 is 1.54. The number of carbonyl (C=O) groups excluding carboxylic acids is 1. The van der Waals surface area contributed by atoms with Gasteiger partial charge in [-0.2, -0.15) is 0 Å². The number of aliphatic carboxylic acids is 1. The Morgan fingerprint density at radius 2 is 2.24 bits per heavy atom. The Labute approximate surface area is 106 Å². The summed E-state index contributed by atoms with van der Waals surface area (Å²) in [6.07, 6.45) is 1.71. The van der Waals surface area contributed by atoms with Crippen LogP contribution in [0.4, 0.5) is 0 Å². The summed E-state index contributed by atoms with van der Waals surface area (Å²) in [5.74, 6) is -0.522. The van der Waals surface area contributed by atoms with Crippen molar-refractivity contribution in [3.8, 4) is 0 Å². The number of hydrogen-bond acceptors (Lipinski definition) is 4. The Hall–Kier alpha value is -0.750. The molecule has 0 aliphatic carbocycles. The fourth-order valence-corrected chi connectivity index (χ4v) is 3.25. The summed E-state index contributed by atoms with van der Waals surface area (Å²) in [5, 5.41) is 9.09. The first-order valence-corrected chi connectivity index (χ1v) is 6.93. The molecule has 0 bridgehead atoms. The van der Waals surface area contributed by atoms with Crippen LogP contribution in [-0.4, -0.2) is 45.1 Å². The lowest BCUT2D eigenvalue weighted by Gasteiger charge is -2.27. The van der Waals surface area contributed by atoms with E-state index in [1.165, 1.54) is 4.90 Å². The van der Waals surface area contributed by atoms with Crippen LogP contribution in [0.3, 0.4) is 0 Å².